The van der Waals surface area contributed by atoms with Crippen LogP contribution in [-0.2, 0) is 0 Å². The molecule has 1 N–H and O–H groups in total. The van der Waals surface area contributed by atoms with Gasteiger partial charge in [-0.1, -0.05) is 18.2 Å². The molecule has 4 nitrogen and oxygen atoms in total. The topological polar surface area (TPSA) is 54.9 Å². The zero-order valence-electron chi connectivity index (χ0n) is 10.8. The molecule has 1 saturated carbocycles. The molecule has 1 fully saturated rings. The average Bonchev–Trinajstić information content (AvgIpc) is 3.26. The third kappa shape index (κ3) is 2.62. The number of nitrogens with zero attached hydrogens (tertiary/aromatic N) is 2. The van der Waals surface area contributed by atoms with Crippen LogP contribution in [0.1, 0.15) is 40.5 Å². The maximum Gasteiger partial charge on any atom is 0.276 e. The lowest BCUT2D eigenvalue weighted by atomic mass is 10.2. The lowest BCUT2D eigenvalue weighted by Crippen LogP contribution is -2.15. The van der Waals surface area contributed by atoms with Crippen molar-refractivity contribution >= 4 is 11.6 Å². The van der Waals surface area contributed by atoms with E-state index in [-0.39, 0.29) is 5.91 Å². The predicted octanol–water partition coefficient (Wildman–Crippen LogP) is 2.91. The molecular formula is C15H15N3O. The number of para-hydroxylation sites is 1. The number of hydrogen-bond donors (Lipinski definition) is 1. The minimum Gasteiger partial charge on any atom is -0.320 e. The zero-order chi connectivity index (χ0) is 13.2. The Balaban J connectivity index is 1.74. The summed E-state index contributed by atoms with van der Waals surface area (Å²) in [6.07, 6.45) is 2.37. The van der Waals surface area contributed by atoms with Crippen LogP contribution in [0.5, 0.6) is 0 Å². The Hall–Kier alpha value is -2.23. The Bertz CT molecular complexity index is 603. The van der Waals surface area contributed by atoms with Crippen molar-refractivity contribution < 1.29 is 4.79 Å². The maximum atomic E-state index is 12.0. The molecule has 1 aliphatic rings. The zero-order valence-corrected chi connectivity index (χ0v) is 10.8. The number of benzene rings is 1. The fourth-order valence-electron chi connectivity index (χ4n) is 1.96. The molecule has 1 aliphatic carbocycles. The van der Waals surface area contributed by atoms with Crippen LogP contribution in [0.15, 0.2) is 36.4 Å². The van der Waals surface area contributed by atoms with E-state index in [4.69, 9.17) is 0 Å². The summed E-state index contributed by atoms with van der Waals surface area (Å²) in [6, 6.07) is 11.3. The van der Waals surface area contributed by atoms with Crippen LogP contribution in [0.25, 0.3) is 0 Å². The van der Waals surface area contributed by atoms with Crippen LogP contribution in [-0.4, -0.2) is 16.1 Å². The molecule has 1 aromatic carbocycles. The SMILES string of the molecule is Cc1ccccc1NC(=O)c1ccc(C2CC2)nn1. The lowest BCUT2D eigenvalue weighted by Gasteiger charge is -2.07. The number of nitrogens with one attached hydrogen (secondary N) is 1. The van der Waals surface area contributed by atoms with Gasteiger partial charge >= 0.3 is 0 Å². The first-order chi connectivity index (χ1) is 9.24. The minimum absolute atomic E-state index is 0.218. The number of aryl methyl sites for hydroxylation is 1. The smallest absolute Gasteiger partial charge is 0.276 e. The molecule has 0 atom stereocenters. The normalized spacial score (nSPS) is 14.2. The first-order valence-electron chi connectivity index (χ1n) is 6.44. The second-order valence-electron chi connectivity index (χ2n) is 4.89. The van der Waals surface area contributed by atoms with Gasteiger partial charge in [0.25, 0.3) is 5.91 Å². The van der Waals surface area contributed by atoms with Gasteiger partial charge in [-0.2, -0.15) is 5.10 Å². The van der Waals surface area contributed by atoms with Gasteiger partial charge in [-0.25, -0.2) is 0 Å². The van der Waals surface area contributed by atoms with Crippen LogP contribution in [0.2, 0.25) is 0 Å². The van der Waals surface area contributed by atoms with E-state index in [2.05, 4.69) is 15.5 Å². The van der Waals surface area contributed by atoms with Gasteiger partial charge in [-0.05, 0) is 43.5 Å². The van der Waals surface area contributed by atoms with Gasteiger partial charge in [0.15, 0.2) is 5.69 Å². The summed E-state index contributed by atoms with van der Waals surface area (Å²) in [5.41, 5.74) is 3.18. The van der Waals surface area contributed by atoms with Gasteiger partial charge in [0.2, 0.25) is 0 Å². The van der Waals surface area contributed by atoms with E-state index in [0.717, 1.165) is 16.9 Å². The summed E-state index contributed by atoms with van der Waals surface area (Å²) in [4.78, 5) is 12.0. The third-order valence-corrected chi connectivity index (χ3v) is 3.31. The van der Waals surface area contributed by atoms with Gasteiger partial charge < -0.3 is 5.32 Å². The number of carbonyl (C=O) groups excluding carboxylic acids is 1. The Labute approximate surface area is 111 Å². The van der Waals surface area contributed by atoms with E-state index in [1.807, 2.05) is 37.3 Å². The highest BCUT2D eigenvalue weighted by Crippen LogP contribution is 2.38. The maximum absolute atomic E-state index is 12.0. The lowest BCUT2D eigenvalue weighted by molar-refractivity contribution is 0.102. The summed E-state index contributed by atoms with van der Waals surface area (Å²) < 4.78 is 0. The van der Waals surface area contributed by atoms with Crippen molar-refractivity contribution in [3.63, 3.8) is 0 Å². The standard InChI is InChI=1S/C15H15N3O/c1-10-4-2-3-5-12(10)16-15(19)14-9-8-13(17-18-14)11-6-7-11/h2-5,8-9,11H,6-7H2,1H3,(H,16,19). The molecule has 0 spiro atoms. The van der Waals surface area contributed by atoms with Gasteiger partial charge in [-0.3, -0.25) is 4.79 Å². The highest BCUT2D eigenvalue weighted by molar-refractivity contribution is 6.03. The Morgan fingerprint density at radius 1 is 1.16 bits per heavy atom. The molecule has 0 saturated heterocycles. The molecule has 0 radical (unpaired) electrons. The molecule has 4 heteroatoms. The molecule has 1 heterocycles. The van der Waals surface area contributed by atoms with Crippen LogP contribution in [0, 0.1) is 6.92 Å². The van der Waals surface area contributed by atoms with E-state index in [1.54, 1.807) is 6.07 Å². The second-order valence-corrected chi connectivity index (χ2v) is 4.89. The monoisotopic (exact) mass is 253 g/mol. The summed E-state index contributed by atoms with van der Waals surface area (Å²) >= 11 is 0. The van der Waals surface area contributed by atoms with E-state index in [0.29, 0.717) is 11.6 Å². The highest BCUT2D eigenvalue weighted by atomic mass is 16.1. The Morgan fingerprint density at radius 2 is 1.95 bits per heavy atom. The first kappa shape index (κ1) is 11.8. The second kappa shape index (κ2) is 4.80. The van der Waals surface area contributed by atoms with Crippen LogP contribution < -0.4 is 5.32 Å². The quantitative estimate of drug-likeness (QED) is 0.915. The van der Waals surface area contributed by atoms with Crippen LogP contribution in [0.4, 0.5) is 5.69 Å². The van der Waals surface area contributed by atoms with Gasteiger partial charge in [0.05, 0.1) is 5.69 Å². The number of rotatable bonds is 3. The molecule has 0 unspecified atom stereocenters. The summed E-state index contributed by atoms with van der Waals surface area (Å²) in [6.45, 7) is 1.96. The van der Waals surface area contributed by atoms with Crippen molar-refractivity contribution in [1.29, 1.82) is 0 Å². The summed E-state index contributed by atoms with van der Waals surface area (Å²) in [5, 5.41) is 11.0. The summed E-state index contributed by atoms with van der Waals surface area (Å²) in [5.74, 6) is 0.338. The largest absolute Gasteiger partial charge is 0.320 e. The van der Waals surface area contributed by atoms with Crippen molar-refractivity contribution in [3.8, 4) is 0 Å². The minimum atomic E-state index is -0.218. The van der Waals surface area contributed by atoms with E-state index in [9.17, 15) is 4.79 Å². The molecule has 19 heavy (non-hydrogen) atoms. The van der Waals surface area contributed by atoms with Gasteiger partial charge in [0, 0.05) is 11.6 Å². The average molecular weight is 253 g/mol. The van der Waals surface area contributed by atoms with Crippen molar-refractivity contribution in [3.05, 3.63) is 53.3 Å². The first-order valence-corrected chi connectivity index (χ1v) is 6.44. The van der Waals surface area contributed by atoms with Crippen LogP contribution >= 0.6 is 0 Å². The molecular weight excluding hydrogens is 238 g/mol. The summed E-state index contributed by atoms with van der Waals surface area (Å²) in [7, 11) is 0. The van der Waals surface area contributed by atoms with Gasteiger partial charge in [0.1, 0.15) is 0 Å². The molecule has 1 aromatic heterocycles. The number of amides is 1. The van der Waals surface area contributed by atoms with Crippen molar-refractivity contribution in [2.45, 2.75) is 25.7 Å². The molecule has 96 valence electrons. The fourth-order valence-corrected chi connectivity index (χ4v) is 1.96. The molecule has 3 rings (SSSR count). The van der Waals surface area contributed by atoms with E-state index < -0.39 is 0 Å². The third-order valence-electron chi connectivity index (χ3n) is 3.31. The van der Waals surface area contributed by atoms with Crippen LogP contribution in [0.3, 0.4) is 0 Å². The molecule has 0 bridgehead atoms. The highest BCUT2D eigenvalue weighted by Gasteiger charge is 2.25. The van der Waals surface area contributed by atoms with Crippen molar-refractivity contribution in [2.75, 3.05) is 5.32 Å². The predicted molar refractivity (Wildman–Crippen MR) is 73.1 cm³/mol. The van der Waals surface area contributed by atoms with Crippen molar-refractivity contribution in [1.82, 2.24) is 10.2 Å². The van der Waals surface area contributed by atoms with E-state index in [1.165, 1.54) is 12.8 Å². The number of anilines is 1. The van der Waals surface area contributed by atoms with E-state index >= 15 is 0 Å². The molecule has 1 amide bonds. The van der Waals surface area contributed by atoms with Gasteiger partial charge in [-0.15, -0.1) is 5.10 Å². The van der Waals surface area contributed by atoms with Crippen molar-refractivity contribution in [2.24, 2.45) is 0 Å². The number of hydrogen-bond acceptors (Lipinski definition) is 3. The Morgan fingerprint density at radius 3 is 2.58 bits per heavy atom. The molecule has 2 aromatic rings. The molecule has 0 aliphatic heterocycles. The Kier molecular flexibility index (Phi) is 2.99. The fraction of sp³-hybridized carbons (Fsp3) is 0.267. The number of carbonyl (C=O) groups is 1. The number of aromatic nitrogens is 2.